The van der Waals surface area contributed by atoms with E-state index in [2.05, 4.69) is 4.72 Å². The van der Waals surface area contributed by atoms with Gasteiger partial charge in [0.2, 0.25) is 10.0 Å². The Labute approximate surface area is 139 Å². The van der Waals surface area contributed by atoms with Crippen molar-refractivity contribution in [1.82, 2.24) is 4.72 Å². The molecular formula is C12H16Cl3FN2O2S. The second-order valence-electron chi connectivity index (χ2n) is 4.93. The smallest absolute Gasteiger partial charge is 0.243 e. The Morgan fingerprint density at radius 3 is 2.10 bits per heavy atom. The minimum Gasteiger partial charge on any atom is -0.328 e. The maximum absolute atomic E-state index is 13.1. The van der Waals surface area contributed by atoms with Crippen LogP contribution < -0.4 is 10.5 Å². The first-order valence-corrected chi connectivity index (χ1v) is 8.46. The number of hydrogen-bond donors (Lipinski definition) is 2. The Morgan fingerprint density at radius 2 is 1.62 bits per heavy atom. The Hall–Kier alpha value is -0.110. The first-order valence-electron chi connectivity index (χ1n) is 6.22. The van der Waals surface area contributed by atoms with E-state index in [0.29, 0.717) is 12.8 Å². The van der Waals surface area contributed by atoms with Gasteiger partial charge in [0.25, 0.3) is 0 Å². The number of hydrogen-bond acceptors (Lipinski definition) is 3. The minimum absolute atomic E-state index is 0. The highest BCUT2D eigenvalue weighted by Gasteiger charge is 2.28. The molecule has 1 aromatic rings. The van der Waals surface area contributed by atoms with Crippen LogP contribution in [0.1, 0.15) is 25.7 Å². The summed E-state index contributed by atoms with van der Waals surface area (Å²) in [4.78, 5) is -0.280. The average Bonchev–Trinajstić information content (AvgIpc) is 2.30. The van der Waals surface area contributed by atoms with Gasteiger partial charge in [-0.15, -0.1) is 12.4 Å². The Bertz CT molecular complexity index is 582. The van der Waals surface area contributed by atoms with Crippen LogP contribution in [0.5, 0.6) is 0 Å². The first-order chi connectivity index (χ1) is 9.29. The van der Waals surface area contributed by atoms with Gasteiger partial charge in [-0.3, -0.25) is 0 Å². The fraction of sp³-hybridized carbons (Fsp3) is 0.500. The number of sulfonamides is 1. The molecule has 9 heteroatoms. The summed E-state index contributed by atoms with van der Waals surface area (Å²) >= 11 is 11.6. The van der Waals surface area contributed by atoms with Gasteiger partial charge < -0.3 is 5.73 Å². The molecular weight excluding hydrogens is 362 g/mol. The standard InChI is InChI=1S/C12H15Cl2FN2O2S.ClH/c13-10-5-7(15)6-11(14)12(10)20(18,19)17-9-3-1-8(16)2-4-9;/h5-6,8-9,17H,1-4,16H2;1H. The van der Waals surface area contributed by atoms with Gasteiger partial charge in [0.1, 0.15) is 10.7 Å². The van der Waals surface area contributed by atoms with Crippen molar-refractivity contribution < 1.29 is 12.8 Å². The zero-order chi connectivity index (χ0) is 14.9. The lowest BCUT2D eigenvalue weighted by atomic mass is 9.93. The normalized spacial score (nSPS) is 22.7. The lowest BCUT2D eigenvalue weighted by Gasteiger charge is -2.26. The fourth-order valence-electron chi connectivity index (χ4n) is 2.30. The molecule has 1 saturated carbocycles. The molecule has 2 rings (SSSR count). The van der Waals surface area contributed by atoms with Crippen LogP contribution in [0.3, 0.4) is 0 Å². The van der Waals surface area contributed by atoms with E-state index in [9.17, 15) is 12.8 Å². The number of benzene rings is 1. The van der Waals surface area contributed by atoms with Gasteiger partial charge in [-0.1, -0.05) is 23.2 Å². The lowest BCUT2D eigenvalue weighted by molar-refractivity contribution is 0.373. The summed E-state index contributed by atoms with van der Waals surface area (Å²) in [6.07, 6.45) is 2.85. The predicted octanol–water partition coefficient (Wildman–Crippen LogP) is 3.10. The van der Waals surface area contributed by atoms with Crippen molar-refractivity contribution in [2.75, 3.05) is 0 Å². The van der Waals surface area contributed by atoms with E-state index in [1.807, 2.05) is 0 Å². The molecule has 1 aromatic carbocycles. The quantitative estimate of drug-likeness (QED) is 0.850. The van der Waals surface area contributed by atoms with E-state index < -0.39 is 15.8 Å². The molecule has 0 atom stereocenters. The minimum atomic E-state index is -3.88. The van der Waals surface area contributed by atoms with Crippen LogP contribution in [-0.4, -0.2) is 20.5 Å². The third kappa shape index (κ3) is 4.68. The van der Waals surface area contributed by atoms with Gasteiger partial charge in [0.05, 0.1) is 10.0 Å². The molecule has 0 aromatic heterocycles. The second kappa shape index (κ2) is 7.44. The summed E-state index contributed by atoms with van der Waals surface area (Å²) in [5.74, 6) is -0.678. The number of nitrogens with one attached hydrogen (secondary N) is 1. The molecule has 1 fully saturated rings. The van der Waals surface area contributed by atoms with E-state index in [-0.39, 0.29) is 39.4 Å². The van der Waals surface area contributed by atoms with E-state index >= 15 is 0 Å². The molecule has 4 nitrogen and oxygen atoms in total. The molecule has 0 saturated heterocycles. The highest BCUT2D eigenvalue weighted by Crippen LogP contribution is 2.31. The molecule has 1 aliphatic rings. The fourth-order valence-corrected chi connectivity index (χ4v) is 4.79. The largest absolute Gasteiger partial charge is 0.328 e. The predicted molar refractivity (Wildman–Crippen MR) is 84.2 cm³/mol. The lowest BCUT2D eigenvalue weighted by Crippen LogP contribution is -2.40. The highest BCUT2D eigenvalue weighted by molar-refractivity contribution is 7.89. The molecule has 0 bridgehead atoms. The summed E-state index contributed by atoms with van der Waals surface area (Å²) in [5.41, 5.74) is 5.78. The summed E-state index contributed by atoms with van der Waals surface area (Å²) < 4.78 is 40.3. The first kappa shape index (κ1) is 18.9. The van der Waals surface area contributed by atoms with Crippen molar-refractivity contribution in [2.45, 2.75) is 42.7 Å². The maximum Gasteiger partial charge on any atom is 0.243 e. The van der Waals surface area contributed by atoms with Gasteiger partial charge in [-0.2, -0.15) is 0 Å². The second-order valence-corrected chi connectivity index (χ2v) is 7.40. The monoisotopic (exact) mass is 376 g/mol. The third-order valence-electron chi connectivity index (χ3n) is 3.33. The third-order valence-corrected chi connectivity index (χ3v) is 5.77. The molecule has 3 N–H and O–H groups in total. The van der Waals surface area contributed by atoms with Gasteiger partial charge in [-0.05, 0) is 37.8 Å². The molecule has 21 heavy (non-hydrogen) atoms. The molecule has 0 aliphatic heterocycles. The van der Waals surface area contributed by atoms with Gasteiger partial charge in [-0.25, -0.2) is 17.5 Å². The molecule has 0 unspecified atom stereocenters. The molecule has 1 aliphatic carbocycles. The van der Waals surface area contributed by atoms with Crippen molar-refractivity contribution in [3.63, 3.8) is 0 Å². The van der Waals surface area contributed by atoms with Crippen molar-refractivity contribution in [3.8, 4) is 0 Å². The Kier molecular flexibility index (Phi) is 6.71. The van der Waals surface area contributed by atoms with E-state index in [1.54, 1.807) is 0 Å². The summed E-state index contributed by atoms with van der Waals surface area (Å²) in [7, 11) is -3.88. The Morgan fingerprint density at radius 1 is 1.14 bits per heavy atom. The molecule has 120 valence electrons. The zero-order valence-electron chi connectivity index (χ0n) is 11.0. The van der Waals surface area contributed by atoms with Crippen LogP contribution in [0.25, 0.3) is 0 Å². The van der Waals surface area contributed by atoms with Gasteiger partial charge in [0, 0.05) is 12.1 Å². The van der Waals surface area contributed by atoms with Crippen LogP contribution in [0.15, 0.2) is 17.0 Å². The average molecular weight is 378 g/mol. The van der Waals surface area contributed by atoms with Crippen molar-refractivity contribution in [3.05, 3.63) is 28.0 Å². The van der Waals surface area contributed by atoms with E-state index in [0.717, 1.165) is 25.0 Å². The number of rotatable bonds is 3. The number of halogens is 4. The molecule has 0 spiro atoms. The Balaban J connectivity index is 0.00000220. The van der Waals surface area contributed by atoms with Gasteiger partial charge >= 0.3 is 0 Å². The van der Waals surface area contributed by atoms with E-state index in [1.165, 1.54) is 0 Å². The topological polar surface area (TPSA) is 72.2 Å². The highest BCUT2D eigenvalue weighted by atomic mass is 35.5. The zero-order valence-corrected chi connectivity index (χ0v) is 14.1. The summed E-state index contributed by atoms with van der Waals surface area (Å²) in [6, 6.07) is 1.78. The van der Waals surface area contributed by atoms with Crippen molar-refractivity contribution in [1.29, 1.82) is 0 Å². The van der Waals surface area contributed by atoms with Crippen molar-refractivity contribution in [2.24, 2.45) is 5.73 Å². The van der Waals surface area contributed by atoms with Crippen LogP contribution >= 0.6 is 35.6 Å². The number of nitrogens with two attached hydrogens (primary N) is 1. The van der Waals surface area contributed by atoms with Gasteiger partial charge in [0.15, 0.2) is 0 Å². The van der Waals surface area contributed by atoms with Crippen LogP contribution in [-0.2, 0) is 10.0 Å². The maximum atomic E-state index is 13.1. The molecule has 0 heterocycles. The van der Waals surface area contributed by atoms with Crippen LogP contribution in [0, 0.1) is 5.82 Å². The van der Waals surface area contributed by atoms with Crippen molar-refractivity contribution >= 4 is 45.6 Å². The molecule has 0 radical (unpaired) electrons. The summed E-state index contributed by atoms with van der Waals surface area (Å²) in [5, 5.41) is -0.454. The van der Waals surface area contributed by atoms with Crippen LogP contribution in [0.2, 0.25) is 10.0 Å². The SMILES string of the molecule is Cl.NC1CCC(NS(=O)(=O)c2c(Cl)cc(F)cc2Cl)CC1. The van der Waals surface area contributed by atoms with E-state index in [4.69, 9.17) is 28.9 Å². The molecule has 0 amide bonds. The van der Waals surface area contributed by atoms with Crippen LogP contribution in [0.4, 0.5) is 4.39 Å². The summed E-state index contributed by atoms with van der Waals surface area (Å²) in [6.45, 7) is 0.